The molecule has 0 aliphatic carbocycles. The zero-order valence-electron chi connectivity index (χ0n) is 81.5. The van der Waals surface area contributed by atoms with Crippen molar-refractivity contribution in [3.8, 4) is 0 Å². The number of methoxy groups -OCH3 is 2. The second-order valence-electron chi connectivity index (χ2n) is 31.5. The SMILES string of the molecule is COC(=O)[C@@H]([NH3+])CCSC.COC(=O)[C@H](CCSC)CC(=O)[C@H](CC(C)C)NC(=O)[C@@H](CC=O)CCSC.CSCC[C@H](CC(=O)[C@H](CC(C)C)NC(=O)[C@@H](CC=O)CCSC)C(=O)O.CSCC[C@H](CC=O)C(=O)N[C@@H](CC(C)C)C(=O)C[C@@H](CCSC)C(=O)ON1C(=O)CCC1=O.CSCC[C@H](CC=O)C(=O)N[C@@H](CC(C)C)C(=O)O.O.O=C1CCC(=O)N1O.[2H]CF.[Cl-].[Li+].[OH-]. The predicted octanol–water partition coefficient (Wildman–Crippen LogP) is 2.48. The second-order valence-corrected chi connectivity index (χ2v) is 39.4. The first-order valence-electron chi connectivity index (χ1n) is 43.1. The van der Waals surface area contributed by atoms with Crippen molar-refractivity contribution in [3.05, 3.63) is 0 Å². The number of imide groups is 2. The van der Waals surface area contributed by atoms with Crippen molar-refractivity contribution < 1.29 is 179 Å². The number of aldehydes is 4. The molecule has 2 heterocycles. The number of aliphatic carboxylic acids is 2. The number of hydroxylamine groups is 4. The smallest absolute Gasteiger partial charge is 1.00 e. The maximum absolute atomic E-state index is 13.2. The van der Waals surface area contributed by atoms with Gasteiger partial charge in [0.25, 0.3) is 23.6 Å². The molecule has 8 amide bonds. The van der Waals surface area contributed by atoms with Crippen LogP contribution in [-0.4, -0.2) is 304 Å². The number of thioether (sulfide) groups is 8. The Kier molecular flexibility index (Phi) is 97.7. The number of hydrogen-bond acceptors (Lipinski definition) is 33. The average Bonchev–Trinajstić information content (AvgIpc) is 1.71. The number of quaternary nitrogens is 1. The summed E-state index contributed by atoms with van der Waals surface area (Å²) in [4.78, 5) is 239. The summed E-state index contributed by atoms with van der Waals surface area (Å²) < 4.78 is 24.8. The number of esters is 2. The Morgan fingerprint density at radius 1 is 0.409 bits per heavy atom. The van der Waals surface area contributed by atoms with Gasteiger partial charge in [0, 0.05) is 101 Å². The monoisotopic (exact) mass is 2050 g/mol. The first-order chi connectivity index (χ1) is 61.0. The van der Waals surface area contributed by atoms with Crippen molar-refractivity contribution in [2.24, 2.45) is 65.1 Å². The molecule has 2 fully saturated rings. The van der Waals surface area contributed by atoms with Crippen molar-refractivity contribution >= 4 is 214 Å². The van der Waals surface area contributed by atoms with Crippen LogP contribution < -0.4 is 58.3 Å². The van der Waals surface area contributed by atoms with Crippen molar-refractivity contribution in [1.29, 1.82) is 0 Å². The van der Waals surface area contributed by atoms with Gasteiger partial charge in [-0.1, -0.05) is 55.4 Å². The van der Waals surface area contributed by atoms with Crippen LogP contribution in [0, 0.1) is 65.1 Å². The molecule has 35 nitrogen and oxygen atoms in total. The van der Waals surface area contributed by atoms with E-state index < -0.39 is 120 Å². The van der Waals surface area contributed by atoms with Crippen LogP contribution in [0.2, 0.25) is 0 Å². The third-order valence-electron chi connectivity index (χ3n) is 19.2. The molecule has 0 saturated carbocycles. The van der Waals surface area contributed by atoms with E-state index in [1.54, 1.807) is 82.3 Å². The molecule has 2 aliphatic heterocycles. The Morgan fingerprint density at radius 2 is 0.636 bits per heavy atom. The maximum Gasteiger partial charge on any atom is 1.00 e. The average molecular weight is 2050 g/mol. The number of ether oxygens (including phenoxy) is 2. The van der Waals surface area contributed by atoms with Gasteiger partial charge in [0.15, 0.2) is 23.4 Å². The Bertz CT molecular complexity index is 3320. The molecule has 2 rings (SSSR count). The molecule has 0 unspecified atom stereocenters. The molecule has 2 saturated heterocycles. The van der Waals surface area contributed by atoms with Gasteiger partial charge >= 0.3 is 48.7 Å². The van der Waals surface area contributed by atoms with Crippen molar-refractivity contribution in [2.45, 2.75) is 233 Å². The first kappa shape index (κ1) is 142. The van der Waals surface area contributed by atoms with E-state index in [0.29, 0.717) is 106 Å². The second kappa shape index (κ2) is 90.8. The van der Waals surface area contributed by atoms with Gasteiger partial charge in [0.05, 0.1) is 58.6 Å². The number of carbonyl (C=O) groups is 20. The van der Waals surface area contributed by atoms with Crippen LogP contribution in [0.25, 0.3) is 0 Å². The number of nitrogens with zero attached hydrogens (tertiary/aromatic N) is 2. The van der Waals surface area contributed by atoms with Crippen LogP contribution in [0.1, 0.15) is 204 Å². The molecule has 762 valence electrons. The predicted molar refractivity (Wildman–Crippen MR) is 514 cm³/mol. The van der Waals surface area contributed by atoms with Crippen molar-refractivity contribution in [1.82, 2.24) is 31.4 Å². The van der Waals surface area contributed by atoms with Crippen molar-refractivity contribution in [3.63, 3.8) is 0 Å². The quantitative estimate of drug-likeness (QED) is 0.0142. The summed E-state index contributed by atoms with van der Waals surface area (Å²) in [6.07, 6.45) is 25.0. The van der Waals surface area contributed by atoms with Gasteiger partial charge in [-0.15, -0.1) is 5.06 Å². The molecule has 0 radical (unpaired) electrons. The van der Waals surface area contributed by atoms with E-state index in [4.69, 9.17) is 21.3 Å². The number of carboxylic acid groups (broad SMARTS) is 2. The van der Waals surface area contributed by atoms with Crippen LogP contribution in [0.15, 0.2) is 0 Å². The number of ketones is 3. The van der Waals surface area contributed by atoms with E-state index in [2.05, 4.69) is 31.7 Å². The number of alkyl halides is 1. The summed E-state index contributed by atoms with van der Waals surface area (Å²) in [5, 5.41) is 38.5. The Balaban J connectivity index is -0.000000205. The molecule has 0 bridgehead atoms. The number of amides is 8. The topological polar surface area (TPSA) is 574 Å². The third kappa shape index (κ3) is 70.3. The number of nitrogens with one attached hydrogen (secondary N) is 4. The van der Waals surface area contributed by atoms with Gasteiger partial charge < -0.3 is 94.1 Å². The number of carbonyl (C=O) groups excluding carboxylic acids is 18. The van der Waals surface area contributed by atoms with Crippen LogP contribution in [-0.2, 0) is 110 Å². The Morgan fingerprint density at radius 3 is 0.864 bits per heavy atom. The van der Waals surface area contributed by atoms with E-state index in [1.165, 1.54) is 26.0 Å². The summed E-state index contributed by atoms with van der Waals surface area (Å²) in [6, 6.07) is -3.25. The van der Waals surface area contributed by atoms with Crippen LogP contribution in [0.5, 0.6) is 0 Å². The molecule has 2 aliphatic rings. The molecule has 0 aromatic carbocycles. The van der Waals surface area contributed by atoms with Crippen LogP contribution >= 0.6 is 94.1 Å². The number of hydrogen-bond donors (Lipinski definition) is 8. The third-order valence-corrected chi connectivity index (χ3v) is 24.4. The number of rotatable bonds is 63. The van der Waals surface area contributed by atoms with E-state index in [0.717, 1.165) is 47.8 Å². The molecule has 0 aromatic rings. The summed E-state index contributed by atoms with van der Waals surface area (Å²) in [7, 11) is 1.71. The number of carboxylic acids is 2. The van der Waals surface area contributed by atoms with E-state index >= 15 is 0 Å². The summed E-state index contributed by atoms with van der Waals surface area (Å²) >= 11 is 12.7. The zero-order valence-corrected chi connectivity index (χ0v) is 87.8. The minimum Gasteiger partial charge on any atom is -1.00 e. The summed E-state index contributed by atoms with van der Waals surface area (Å²) in [5.41, 5.74) is 3.66. The molecule has 0 aromatic heterocycles. The zero-order chi connectivity index (χ0) is 99.7. The summed E-state index contributed by atoms with van der Waals surface area (Å²) in [5.74, 6) is -4.88. The molecule has 132 heavy (non-hydrogen) atoms. The molecule has 46 heteroatoms. The van der Waals surface area contributed by atoms with Crippen LogP contribution in [0.3, 0.4) is 0 Å². The maximum atomic E-state index is 13.2. The van der Waals surface area contributed by atoms with Crippen LogP contribution in [0.4, 0.5) is 4.39 Å². The fraction of sp³-hybridized carbons (Fsp3) is 0.767. The Labute approximate surface area is 834 Å². The van der Waals surface area contributed by atoms with Gasteiger partial charge in [0.1, 0.15) is 31.2 Å². The van der Waals surface area contributed by atoms with Gasteiger partial charge in [-0.05, 0) is 190 Å². The largest absolute Gasteiger partial charge is 1.00 e. The molecule has 13 N–H and O–H groups in total. The fourth-order valence-corrected chi connectivity index (χ4v) is 16.1. The number of halogens is 2. The Hall–Kier alpha value is -5.34. The van der Waals surface area contributed by atoms with E-state index in [1.807, 2.05) is 105 Å². The number of Topliss-reactive ketones (excluding diaryl/α,β-unsaturated/α-hetero) is 3. The van der Waals surface area contributed by atoms with Gasteiger partial charge in [-0.25, -0.2) is 14.4 Å². The van der Waals surface area contributed by atoms with Gasteiger partial charge in [0.2, 0.25) is 23.6 Å². The van der Waals surface area contributed by atoms with Gasteiger partial charge in [-0.2, -0.15) is 99.2 Å². The van der Waals surface area contributed by atoms with E-state index in [9.17, 15) is 105 Å². The molecule has 12 atom stereocenters. The summed E-state index contributed by atoms with van der Waals surface area (Å²) in [6.45, 7) is 15.5. The normalized spacial score (nSPS) is 14.5. The molecular formula is C86H152ClFLiN7O28S8. The van der Waals surface area contributed by atoms with E-state index in [-0.39, 0.29) is 195 Å². The standard InChI is InChI=1S/C23H36N2O7S2.C20H35NO5S2.C19H33NO5S2.C13H23NO4S.C6H13NO2S.C4H5NO3.CH3F.ClH.Li.2H2O/c1-15(2)13-18(24-22(30)16(7-10-26)8-11-33-3)19(27)14-17(9-12-34-4)23(31)32-25-20(28)5-6-21(25)29;1-14(2)12-17(21-19(24)15(6-9-22)7-10-27-4)18(23)13-16(8-11-28-5)20(25)26-3;1-13(2)11-16(17(22)12-15(19(24)25)7-10-27-4)20-18(23)14(5-8-21)6-9-26-3;1-9(2)8-11(13(17)18)14-12(16)10(4-6-15)5-7-19-3;1-9-6(8)5(7)3-4-10-2;6-3-1-2-4(7)5(3)8;1-2;;;;/h10,15-18H,5-9,11-14H2,1-4H3,(H,24,30);9,14-17H,6-8,10-13H2,1-5H3,(H,21,24);8,13-16H,5-7,9-12H2,1-4H3,(H,20,23)(H,24,25);6,9-11H,4-5,7-8H2,1-3H3,(H,14,16)(H,17,18);5H,3-4,7H2,1-2H3;8H,1-2H2;1H3;1H;;2*1H2/q;;;;;;;;+1;;/p-1/t16-,17+,18-;15-,16+,17-;14-,15+,16-;10-,11-;5-;;;;;;/m00000....../s1/i;;;;;;1D;;;;. The minimum absolute atomic E-state index is 0. The fourth-order valence-electron chi connectivity index (χ4n) is 12.0. The first-order valence-corrected chi connectivity index (χ1v) is 53.5. The van der Waals surface area contributed by atoms with Crippen molar-refractivity contribution in [2.75, 3.05) is 117 Å². The molecule has 0 spiro atoms. The van der Waals surface area contributed by atoms with Gasteiger partial charge in [-0.3, -0.25) is 71.9 Å². The molecular weight excluding hydrogens is 1900 g/mol. The minimum atomic E-state index is -1.03.